The summed E-state index contributed by atoms with van der Waals surface area (Å²) in [6.45, 7) is 1.61. The predicted octanol–water partition coefficient (Wildman–Crippen LogP) is 1.56. The normalized spacial score (nSPS) is 23.1. The largest absolute Gasteiger partial charge is 0.447 e. The van der Waals surface area contributed by atoms with Gasteiger partial charge >= 0.3 is 6.09 Å². The molecule has 1 atom stereocenters. The van der Waals surface area contributed by atoms with Gasteiger partial charge in [-0.15, -0.1) is 0 Å². The number of carbonyl (C=O) groups is 2. The molecule has 0 saturated carbocycles. The molecule has 0 radical (unpaired) electrons. The average Bonchev–Trinajstić information content (AvgIpc) is 3.24. The summed E-state index contributed by atoms with van der Waals surface area (Å²) in [6.07, 6.45) is 1.72. The molecule has 124 valence electrons. The van der Waals surface area contributed by atoms with E-state index < -0.39 is 5.54 Å². The molecule has 4 rings (SSSR count). The van der Waals surface area contributed by atoms with Gasteiger partial charge in [-0.3, -0.25) is 9.69 Å². The summed E-state index contributed by atoms with van der Waals surface area (Å²) in [4.78, 5) is 28.1. The lowest BCUT2D eigenvalue weighted by atomic mass is 9.88. The van der Waals surface area contributed by atoms with Crippen molar-refractivity contribution >= 4 is 12.0 Å². The van der Waals surface area contributed by atoms with E-state index in [1.807, 2.05) is 30.3 Å². The van der Waals surface area contributed by atoms with Crippen molar-refractivity contribution < 1.29 is 18.8 Å². The summed E-state index contributed by atoms with van der Waals surface area (Å²) in [5, 5.41) is 3.72. The van der Waals surface area contributed by atoms with E-state index in [1.54, 1.807) is 15.9 Å². The summed E-state index contributed by atoms with van der Waals surface area (Å²) < 4.78 is 10.1. The molecule has 24 heavy (non-hydrogen) atoms. The minimum Gasteiger partial charge on any atom is -0.447 e. The lowest BCUT2D eigenvalue weighted by Crippen LogP contribution is -2.63. The van der Waals surface area contributed by atoms with Crippen LogP contribution in [0.5, 0.6) is 0 Å². The number of cyclic esters (lactones) is 1. The molecule has 2 fully saturated rings. The Kier molecular flexibility index (Phi) is 3.48. The van der Waals surface area contributed by atoms with Crippen molar-refractivity contribution in [2.45, 2.75) is 12.0 Å². The van der Waals surface area contributed by atoms with Gasteiger partial charge in [-0.05, 0) is 5.56 Å². The highest BCUT2D eigenvalue weighted by Gasteiger charge is 2.51. The summed E-state index contributed by atoms with van der Waals surface area (Å²) in [5.74, 6) is -0.185. The minimum atomic E-state index is -0.532. The number of carbonyl (C=O) groups excluding carboxylic acids is 2. The summed E-state index contributed by atoms with van der Waals surface area (Å²) in [6, 6.07) is 11.5. The molecule has 3 heterocycles. The van der Waals surface area contributed by atoms with Gasteiger partial charge in [-0.2, -0.15) is 0 Å². The van der Waals surface area contributed by atoms with Gasteiger partial charge < -0.3 is 14.2 Å². The number of nitrogens with zero attached hydrogens (tertiary/aromatic N) is 3. The van der Waals surface area contributed by atoms with Crippen LogP contribution in [0.15, 0.2) is 47.2 Å². The van der Waals surface area contributed by atoms with Crippen molar-refractivity contribution in [3.63, 3.8) is 0 Å². The quantitative estimate of drug-likeness (QED) is 0.855. The third-order valence-corrected chi connectivity index (χ3v) is 4.66. The number of amides is 2. The third kappa shape index (κ3) is 2.42. The van der Waals surface area contributed by atoms with Gasteiger partial charge in [0.2, 0.25) is 0 Å². The molecule has 2 aliphatic rings. The minimum absolute atomic E-state index is 0.185. The lowest BCUT2D eigenvalue weighted by molar-refractivity contribution is 0.0368. The highest BCUT2D eigenvalue weighted by atomic mass is 16.6. The van der Waals surface area contributed by atoms with E-state index in [0.717, 1.165) is 5.56 Å². The molecule has 7 heteroatoms. The second-order valence-corrected chi connectivity index (χ2v) is 6.20. The first kappa shape index (κ1) is 14.7. The van der Waals surface area contributed by atoms with E-state index in [-0.39, 0.29) is 24.3 Å². The van der Waals surface area contributed by atoms with Crippen molar-refractivity contribution in [3.8, 4) is 0 Å². The molecule has 7 nitrogen and oxygen atoms in total. The number of aromatic nitrogens is 1. The van der Waals surface area contributed by atoms with Gasteiger partial charge in [0.1, 0.15) is 18.4 Å². The van der Waals surface area contributed by atoms with Gasteiger partial charge in [0.25, 0.3) is 5.91 Å². The standard InChI is InChI=1S/C17H17N3O4/c21-15(14-6-9-24-18-14)19-7-8-20-16(22)23-12-17(20,11-19)10-13-4-2-1-3-5-13/h1-6,9H,7-8,10-12H2. The van der Waals surface area contributed by atoms with E-state index in [2.05, 4.69) is 5.16 Å². The fourth-order valence-corrected chi connectivity index (χ4v) is 3.50. The third-order valence-electron chi connectivity index (χ3n) is 4.66. The maximum absolute atomic E-state index is 12.6. The van der Waals surface area contributed by atoms with Gasteiger partial charge in [0.05, 0.1) is 0 Å². The zero-order chi connectivity index (χ0) is 16.6. The van der Waals surface area contributed by atoms with Crippen LogP contribution in [0.1, 0.15) is 16.1 Å². The van der Waals surface area contributed by atoms with Crippen LogP contribution in [0.2, 0.25) is 0 Å². The first-order chi connectivity index (χ1) is 11.7. The number of rotatable bonds is 3. The molecule has 0 N–H and O–H groups in total. The highest BCUT2D eigenvalue weighted by molar-refractivity contribution is 5.92. The van der Waals surface area contributed by atoms with Crippen molar-refractivity contribution in [1.82, 2.24) is 15.0 Å². The number of piperazine rings is 1. The zero-order valence-electron chi connectivity index (χ0n) is 13.1. The number of fused-ring (bicyclic) bond motifs is 1. The molecule has 1 aromatic heterocycles. The van der Waals surface area contributed by atoms with Gasteiger partial charge in [0.15, 0.2) is 5.69 Å². The molecular weight excluding hydrogens is 310 g/mol. The Labute approximate surface area is 138 Å². The Morgan fingerprint density at radius 1 is 1.21 bits per heavy atom. The Hall–Kier alpha value is -2.83. The molecule has 2 aromatic rings. The van der Waals surface area contributed by atoms with Gasteiger partial charge in [-0.1, -0.05) is 35.5 Å². The Balaban J connectivity index is 1.61. The van der Waals surface area contributed by atoms with E-state index in [0.29, 0.717) is 26.1 Å². The Morgan fingerprint density at radius 2 is 2.04 bits per heavy atom. The highest BCUT2D eigenvalue weighted by Crippen LogP contribution is 2.32. The van der Waals surface area contributed by atoms with Crippen molar-refractivity contribution in [2.75, 3.05) is 26.2 Å². The molecular formula is C17H17N3O4. The molecule has 2 saturated heterocycles. The van der Waals surface area contributed by atoms with Gasteiger partial charge in [0, 0.05) is 32.1 Å². The Morgan fingerprint density at radius 3 is 2.79 bits per heavy atom. The first-order valence-electron chi connectivity index (χ1n) is 7.86. The molecule has 0 spiro atoms. The SMILES string of the molecule is O=C(c1ccon1)N1CCN2C(=O)OCC2(Cc2ccccc2)C1. The molecule has 0 bridgehead atoms. The maximum Gasteiger partial charge on any atom is 0.410 e. The fourth-order valence-electron chi connectivity index (χ4n) is 3.50. The summed E-state index contributed by atoms with van der Waals surface area (Å²) in [5.41, 5.74) is 0.857. The van der Waals surface area contributed by atoms with Crippen molar-refractivity contribution in [2.24, 2.45) is 0 Å². The van der Waals surface area contributed by atoms with Crippen LogP contribution in [0.3, 0.4) is 0 Å². The monoisotopic (exact) mass is 327 g/mol. The number of ether oxygens (including phenoxy) is 1. The van der Waals surface area contributed by atoms with Crippen molar-refractivity contribution in [3.05, 3.63) is 53.9 Å². The second-order valence-electron chi connectivity index (χ2n) is 6.20. The second kappa shape index (κ2) is 5.67. The summed E-state index contributed by atoms with van der Waals surface area (Å²) in [7, 11) is 0. The molecule has 2 amide bonds. The smallest absolute Gasteiger partial charge is 0.410 e. The molecule has 1 unspecified atom stereocenters. The number of hydrogen-bond acceptors (Lipinski definition) is 5. The fraction of sp³-hybridized carbons (Fsp3) is 0.353. The maximum atomic E-state index is 12.6. The van der Waals surface area contributed by atoms with E-state index in [9.17, 15) is 9.59 Å². The average molecular weight is 327 g/mol. The van der Waals surface area contributed by atoms with Crippen LogP contribution in [0.4, 0.5) is 4.79 Å². The lowest BCUT2D eigenvalue weighted by Gasteiger charge is -2.44. The van der Waals surface area contributed by atoms with E-state index in [1.165, 1.54) is 6.26 Å². The van der Waals surface area contributed by atoms with Crippen LogP contribution < -0.4 is 0 Å². The van der Waals surface area contributed by atoms with Crippen LogP contribution in [-0.4, -0.2) is 58.7 Å². The van der Waals surface area contributed by atoms with E-state index >= 15 is 0 Å². The predicted molar refractivity (Wildman–Crippen MR) is 83.3 cm³/mol. The summed E-state index contributed by atoms with van der Waals surface area (Å²) >= 11 is 0. The van der Waals surface area contributed by atoms with Gasteiger partial charge in [-0.25, -0.2) is 4.79 Å². The topological polar surface area (TPSA) is 75.9 Å². The first-order valence-corrected chi connectivity index (χ1v) is 7.86. The van der Waals surface area contributed by atoms with Crippen LogP contribution in [0.25, 0.3) is 0 Å². The van der Waals surface area contributed by atoms with Crippen molar-refractivity contribution in [1.29, 1.82) is 0 Å². The number of hydrogen-bond donors (Lipinski definition) is 0. The van der Waals surface area contributed by atoms with Crippen LogP contribution >= 0.6 is 0 Å². The molecule has 1 aromatic carbocycles. The Bertz CT molecular complexity index is 746. The van der Waals surface area contributed by atoms with Crippen LogP contribution in [0, 0.1) is 0 Å². The zero-order valence-corrected chi connectivity index (χ0v) is 13.1. The van der Waals surface area contributed by atoms with Crippen LogP contribution in [-0.2, 0) is 11.2 Å². The molecule has 2 aliphatic heterocycles. The molecule has 0 aliphatic carbocycles. The number of benzene rings is 1. The van der Waals surface area contributed by atoms with E-state index in [4.69, 9.17) is 9.26 Å².